The Morgan fingerprint density at radius 1 is 1.14 bits per heavy atom. The van der Waals surface area contributed by atoms with Gasteiger partial charge in [-0.1, -0.05) is 13.3 Å². The number of aliphatic hydroxyl groups excluding tert-OH is 1. The molecular formula is C22H22N2O5. The minimum atomic E-state index is -0.685. The van der Waals surface area contributed by atoms with Crippen LogP contribution in [-0.2, 0) is 9.59 Å². The van der Waals surface area contributed by atoms with Gasteiger partial charge in [0.15, 0.2) is 11.5 Å². The van der Waals surface area contributed by atoms with Gasteiger partial charge in [-0.15, -0.1) is 0 Å². The van der Waals surface area contributed by atoms with Crippen molar-refractivity contribution in [2.24, 2.45) is 0 Å². The Kier molecular flexibility index (Phi) is 5.20. The van der Waals surface area contributed by atoms with E-state index >= 15 is 0 Å². The van der Waals surface area contributed by atoms with E-state index in [1.807, 2.05) is 6.92 Å². The predicted octanol–water partition coefficient (Wildman–Crippen LogP) is 3.07. The Bertz CT molecular complexity index is 970. The molecule has 1 saturated heterocycles. The van der Waals surface area contributed by atoms with E-state index in [-0.39, 0.29) is 11.3 Å². The molecule has 7 heteroatoms. The lowest BCUT2D eigenvalue weighted by Crippen LogP contribution is -2.30. The fourth-order valence-corrected chi connectivity index (χ4v) is 3.68. The smallest absolute Gasteiger partial charge is 0.295 e. The second-order valence-electron chi connectivity index (χ2n) is 6.99. The average molecular weight is 394 g/mol. The van der Waals surface area contributed by atoms with Gasteiger partial charge in [0.05, 0.1) is 11.6 Å². The maximum Gasteiger partial charge on any atom is 0.295 e. The number of benzene rings is 1. The molecule has 150 valence electrons. The maximum absolute atomic E-state index is 12.9. The number of aromatic nitrogens is 1. The highest BCUT2D eigenvalue weighted by atomic mass is 16.6. The number of ether oxygens (including phenoxy) is 2. The number of aliphatic hydroxyl groups is 1. The third-order valence-electron chi connectivity index (χ3n) is 5.13. The molecule has 1 amide bonds. The first kappa shape index (κ1) is 19.0. The van der Waals surface area contributed by atoms with Gasteiger partial charge in [0.25, 0.3) is 11.7 Å². The highest BCUT2D eigenvalue weighted by molar-refractivity contribution is 6.46. The van der Waals surface area contributed by atoms with Gasteiger partial charge < -0.3 is 19.5 Å². The first-order chi connectivity index (χ1) is 14.1. The second kappa shape index (κ2) is 7.95. The molecule has 3 heterocycles. The van der Waals surface area contributed by atoms with E-state index in [1.54, 1.807) is 42.7 Å². The molecule has 2 aliphatic heterocycles. The number of hydrogen-bond acceptors (Lipinski definition) is 6. The number of carbonyl (C=O) groups excluding carboxylic acids is 2. The summed E-state index contributed by atoms with van der Waals surface area (Å²) in [5, 5.41) is 11.1. The fourth-order valence-electron chi connectivity index (χ4n) is 3.68. The number of likely N-dealkylation sites (tertiary alicyclic amines) is 1. The van der Waals surface area contributed by atoms with Gasteiger partial charge in [-0.25, -0.2) is 0 Å². The van der Waals surface area contributed by atoms with Crippen molar-refractivity contribution in [3.05, 3.63) is 59.4 Å². The van der Waals surface area contributed by atoms with Crippen LogP contribution in [0.5, 0.6) is 11.5 Å². The number of carbonyl (C=O) groups is 2. The highest BCUT2D eigenvalue weighted by Crippen LogP contribution is 2.41. The lowest BCUT2D eigenvalue weighted by atomic mass is 9.95. The SMILES string of the molecule is CCCCN1C(=O)C(=O)/C(=C(\O)c2ccc3c(c2)OCCO3)C1c1ccncc1. The standard InChI is InChI=1S/C22H22N2O5/c1-2-3-10-24-19(14-6-8-23-9-7-14)18(21(26)22(24)27)20(25)15-4-5-16-17(13-15)29-12-11-28-16/h4-9,13,19,25H,2-3,10-12H2,1H3/b20-18-. The molecular weight excluding hydrogens is 372 g/mol. The number of hydrogen-bond donors (Lipinski definition) is 1. The van der Waals surface area contributed by atoms with Crippen LogP contribution in [0.25, 0.3) is 5.76 Å². The molecule has 0 radical (unpaired) electrons. The lowest BCUT2D eigenvalue weighted by molar-refractivity contribution is -0.139. The topological polar surface area (TPSA) is 89.0 Å². The van der Waals surface area contributed by atoms with Crippen molar-refractivity contribution in [1.82, 2.24) is 9.88 Å². The summed E-state index contributed by atoms with van der Waals surface area (Å²) < 4.78 is 11.1. The van der Waals surface area contributed by atoms with Crippen LogP contribution in [0.3, 0.4) is 0 Å². The Morgan fingerprint density at radius 2 is 1.86 bits per heavy atom. The molecule has 4 rings (SSSR count). The molecule has 1 aromatic heterocycles. The molecule has 1 fully saturated rings. The van der Waals surface area contributed by atoms with Gasteiger partial charge >= 0.3 is 0 Å². The van der Waals surface area contributed by atoms with Gasteiger partial charge in [-0.3, -0.25) is 14.6 Å². The largest absolute Gasteiger partial charge is 0.507 e. The van der Waals surface area contributed by atoms with Crippen LogP contribution < -0.4 is 9.47 Å². The van der Waals surface area contributed by atoms with Gasteiger partial charge in [0, 0.05) is 24.5 Å². The van der Waals surface area contributed by atoms with E-state index in [9.17, 15) is 14.7 Å². The maximum atomic E-state index is 12.9. The fraction of sp³-hybridized carbons (Fsp3) is 0.318. The van der Waals surface area contributed by atoms with Crippen LogP contribution in [0.15, 0.2) is 48.3 Å². The number of rotatable bonds is 5. The minimum Gasteiger partial charge on any atom is -0.507 e. The van der Waals surface area contributed by atoms with E-state index in [1.165, 1.54) is 4.90 Å². The Hall–Kier alpha value is -3.35. The average Bonchev–Trinajstić information content (AvgIpc) is 3.02. The summed E-state index contributed by atoms with van der Waals surface area (Å²) in [4.78, 5) is 31.2. The molecule has 0 aliphatic carbocycles. The summed E-state index contributed by atoms with van der Waals surface area (Å²) in [6.07, 6.45) is 4.87. The van der Waals surface area contributed by atoms with Crippen LogP contribution in [0.4, 0.5) is 0 Å². The zero-order valence-electron chi connectivity index (χ0n) is 16.1. The van der Waals surface area contributed by atoms with E-state index < -0.39 is 17.7 Å². The molecule has 2 aromatic rings. The van der Waals surface area contributed by atoms with Crippen LogP contribution in [0, 0.1) is 0 Å². The zero-order valence-corrected chi connectivity index (χ0v) is 16.1. The quantitative estimate of drug-likeness (QED) is 0.476. The highest BCUT2D eigenvalue weighted by Gasteiger charge is 2.45. The molecule has 1 unspecified atom stereocenters. The zero-order chi connectivity index (χ0) is 20.4. The summed E-state index contributed by atoms with van der Waals surface area (Å²) in [5.41, 5.74) is 1.21. The van der Waals surface area contributed by atoms with Crippen molar-refractivity contribution >= 4 is 17.4 Å². The summed E-state index contributed by atoms with van der Waals surface area (Å²) in [6.45, 7) is 3.33. The Labute approximate surface area is 168 Å². The number of nitrogens with zero attached hydrogens (tertiary/aromatic N) is 2. The summed E-state index contributed by atoms with van der Waals surface area (Å²) in [6, 6.07) is 7.84. The molecule has 1 N–H and O–H groups in total. The summed E-state index contributed by atoms with van der Waals surface area (Å²) >= 11 is 0. The van der Waals surface area contributed by atoms with Gasteiger partial charge in [-0.05, 0) is 42.3 Å². The van der Waals surface area contributed by atoms with Gasteiger partial charge in [0.2, 0.25) is 0 Å². The molecule has 1 aromatic carbocycles. The Balaban J connectivity index is 1.82. The van der Waals surface area contributed by atoms with E-state index in [4.69, 9.17) is 9.47 Å². The van der Waals surface area contributed by atoms with Crippen LogP contribution >= 0.6 is 0 Å². The molecule has 7 nitrogen and oxygen atoms in total. The van der Waals surface area contributed by atoms with Crippen molar-refractivity contribution < 1.29 is 24.2 Å². The second-order valence-corrected chi connectivity index (χ2v) is 6.99. The van der Waals surface area contributed by atoms with Crippen molar-refractivity contribution in [2.45, 2.75) is 25.8 Å². The third kappa shape index (κ3) is 3.44. The van der Waals surface area contributed by atoms with Crippen molar-refractivity contribution in [3.8, 4) is 11.5 Å². The number of ketones is 1. The van der Waals surface area contributed by atoms with Crippen LogP contribution in [0.2, 0.25) is 0 Å². The molecule has 0 saturated carbocycles. The number of Topliss-reactive ketones (excluding diaryl/α,β-unsaturated/α-hetero) is 1. The number of pyridine rings is 1. The van der Waals surface area contributed by atoms with Crippen LogP contribution in [-0.4, -0.2) is 46.4 Å². The normalized spacial score (nSPS) is 20.2. The molecule has 0 bridgehead atoms. The minimum absolute atomic E-state index is 0.0778. The van der Waals surface area contributed by atoms with E-state index in [2.05, 4.69) is 4.98 Å². The predicted molar refractivity (Wildman–Crippen MR) is 106 cm³/mol. The van der Waals surface area contributed by atoms with Gasteiger partial charge in [0.1, 0.15) is 19.0 Å². The van der Waals surface area contributed by atoms with Crippen molar-refractivity contribution in [3.63, 3.8) is 0 Å². The Morgan fingerprint density at radius 3 is 2.59 bits per heavy atom. The summed E-state index contributed by atoms with van der Waals surface area (Å²) in [5.74, 6) is -0.418. The third-order valence-corrected chi connectivity index (χ3v) is 5.13. The van der Waals surface area contributed by atoms with Crippen LogP contribution in [0.1, 0.15) is 36.9 Å². The summed E-state index contributed by atoms with van der Waals surface area (Å²) in [7, 11) is 0. The number of fused-ring (bicyclic) bond motifs is 1. The van der Waals surface area contributed by atoms with Gasteiger partial charge in [-0.2, -0.15) is 0 Å². The van der Waals surface area contributed by atoms with E-state index in [0.717, 1.165) is 18.4 Å². The number of unbranched alkanes of at least 4 members (excludes halogenated alkanes) is 1. The lowest BCUT2D eigenvalue weighted by Gasteiger charge is -2.25. The molecule has 29 heavy (non-hydrogen) atoms. The van der Waals surface area contributed by atoms with E-state index in [0.29, 0.717) is 36.8 Å². The van der Waals surface area contributed by atoms with Crippen molar-refractivity contribution in [2.75, 3.05) is 19.8 Å². The first-order valence-corrected chi connectivity index (χ1v) is 9.70. The molecule has 2 aliphatic rings. The first-order valence-electron chi connectivity index (χ1n) is 9.70. The molecule has 0 spiro atoms. The molecule has 1 atom stereocenters. The number of amides is 1. The monoisotopic (exact) mass is 394 g/mol. The van der Waals surface area contributed by atoms with Crippen molar-refractivity contribution in [1.29, 1.82) is 0 Å².